The molecule has 0 aliphatic heterocycles. The summed E-state index contributed by atoms with van der Waals surface area (Å²) < 4.78 is 45.4. The van der Waals surface area contributed by atoms with Gasteiger partial charge in [0, 0.05) is 0 Å². The van der Waals surface area contributed by atoms with Gasteiger partial charge in [-0.2, -0.15) is 18.2 Å². The zero-order valence-electron chi connectivity index (χ0n) is 11.1. The van der Waals surface area contributed by atoms with Crippen LogP contribution in [0.5, 0.6) is 0 Å². The van der Waals surface area contributed by atoms with E-state index in [9.17, 15) is 13.2 Å². The Morgan fingerprint density at radius 3 is 2.45 bits per heavy atom. The first-order valence-corrected chi connectivity index (χ1v) is 6.65. The molecule has 0 radical (unpaired) electrons. The molecular weight excluding hydrogens is 275 g/mol. The highest BCUT2D eigenvalue weighted by molar-refractivity contribution is 5.02. The van der Waals surface area contributed by atoms with E-state index in [1.165, 1.54) is 0 Å². The zero-order chi connectivity index (χ0) is 14.6. The molecule has 0 amide bonds. The molecule has 114 valence electrons. The molecule has 5 nitrogen and oxygen atoms in total. The SMILES string of the molecule is NC1(c2nc(COCC(F)(F)F)no2)CCCCCC1. The Hall–Kier alpha value is -1.15. The average molecular weight is 293 g/mol. The van der Waals surface area contributed by atoms with Gasteiger partial charge in [-0.15, -0.1) is 0 Å². The fourth-order valence-electron chi connectivity index (χ4n) is 2.35. The Morgan fingerprint density at radius 2 is 1.85 bits per heavy atom. The quantitative estimate of drug-likeness (QED) is 0.864. The minimum atomic E-state index is -4.36. The van der Waals surface area contributed by atoms with Crippen molar-refractivity contribution in [1.29, 1.82) is 0 Å². The molecule has 20 heavy (non-hydrogen) atoms. The monoisotopic (exact) mass is 293 g/mol. The van der Waals surface area contributed by atoms with Crippen LogP contribution in [0, 0.1) is 0 Å². The molecule has 1 aromatic rings. The number of alkyl halides is 3. The lowest BCUT2D eigenvalue weighted by atomic mass is 9.91. The number of nitrogens with two attached hydrogens (primary N) is 1. The van der Waals surface area contributed by atoms with Gasteiger partial charge in [-0.05, 0) is 12.8 Å². The Bertz CT molecular complexity index is 426. The minimum absolute atomic E-state index is 0.0957. The summed E-state index contributed by atoms with van der Waals surface area (Å²) in [4.78, 5) is 4.07. The molecule has 0 spiro atoms. The maximum absolute atomic E-state index is 12.0. The topological polar surface area (TPSA) is 74.2 Å². The molecule has 0 unspecified atom stereocenters. The normalized spacial score (nSPS) is 19.8. The molecular formula is C12H18F3N3O2. The van der Waals surface area contributed by atoms with Gasteiger partial charge in [0.25, 0.3) is 0 Å². The van der Waals surface area contributed by atoms with Crippen molar-refractivity contribution in [2.24, 2.45) is 5.73 Å². The summed E-state index contributed by atoms with van der Waals surface area (Å²) in [5.41, 5.74) is 5.61. The summed E-state index contributed by atoms with van der Waals surface area (Å²) >= 11 is 0. The second-order valence-electron chi connectivity index (χ2n) is 5.19. The largest absolute Gasteiger partial charge is 0.411 e. The third-order valence-electron chi connectivity index (χ3n) is 3.39. The summed E-state index contributed by atoms with van der Waals surface area (Å²) in [6.45, 7) is -1.66. The Kier molecular flexibility index (Phi) is 4.64. The molecule has 1 aliphatic carbocycles. The molecule has 1 aliphatic rings. The van der Waals surface area contributed by atoms with Crippen molar-refractivity contribution in [3.63, 3.8) is 0 Å². The molecule has 0 bridgehead atoms. The van der Waals surface area contributed by atoms with Crippen molar-refractivity contribution < 1.29 is 22.4 Å². The average Bonchev–Trinajstić information content (AvgIpc) is 2.71. The summed E-state index contributed by atoms with van der Waals surface area (Å²) in [5, 5.41) is 3.63. The van der Waals surface area contributed by atoms with Crippen LogP contribution in [0.4, 0.5) is 13.2 Å². The third-order valence-corrected chi connectivity index (χ3v) is 3.39. The molecule has 0 aromatic carbocycles. The van der Waals surface area contributed by atoms with Gasteiger partial charge in [-0.3, -0.25) is 0 Å². The number of rotatable bonds is 4. The molecule has 2 rings (SSSR count). The van der Waals surface area contributed by atoms with E-state index in [0.717, 1.165) is 38.5 Å². The summed E-state index contributed by atoms with van der Waals surface area (Å²) in [7, 11) is 0. The van der Waals surface area contributed by atoms with Crippen LogP contribution in [0.3, 0.4) is 0 Å². The molecule has 1 saturated carbocycles. The van der Waals surface area contributed by atoms with Crippen LogP contribution in [0.25, 0.3) is 0 Å². The smallest absolute Gasteiger partial charge is 0.364 e. The molecule has 2 N–H and O–H groups in total. The first-order chi connectivity index (χ1) is 9.39. The van der Waals surface area contributed by atoms with Crippen molar-refractivity contribution in [3.05, 3.63) is 11.7 Å². The van der Waals surface area contributed by atoms with Crippen LogP contribution in [0.15, 0.2) is 4.52 Å². The number of hydrogen-bond donors (Lipinski definition) is 1. The molecule has 1 fully saturated rings. The highest BCUT2D eigenvalue weighted by atomic mass is 19.4. The van der Waals surface area contributed by atoms with Gasteiger partial charge in [0.2, 0.25) is 5.89 Å². The molecule has 0 atom stereocenters. The number of halogens is 3. The Morgan fingerprint density at radius 1 is 1.20 bits per heavy atom. The van der Waals surface area contributed by atoms with E-state index in [1.54, 1.807) is 0 Å². The van der Waals surface area contributed by atoms with Gasteiger partial charge in [0.15, 0.2) is 5.82 Å². The van der Waals surface area contributed by atoms with Crippen molar-refractivity contribution in [2.75, 3.05) is 6.61 Å². The maximum Gasteiger partial charge on any atom is 0.411 e. The van der Waals surface area contributed by atoms with Gasteiger partial charge in [-0.1, -0.05) is 30.8 Å². The van der Waals surface area contributed by atoms with Gasteiger partial charge in [0.05, 0.1) is 5.54 Å². The second-order valence-corrected chi connectivity index (χ2v) is 5.19. The van der Waals surface area contributed by atoms with Crippen LogP contribution >= 0.6 is 0 Å². The van der Waals surface area contributed by atoms with Gasteiger partial charge >= 0.3 is 6.18 Å². The van der Waals surface area contributed by atoms with E-state index in [-0.39, 0.29) is 12.4 Å². The van der Waals surface area contributed by atoms with Crippen molar-refractivity contribution in [2.45, 2.75) is 56.8 Å². The highest BCUT2D eigenvalue weighted by Gasteiger charge is 2.34. The zero-order valence-corrected chi connectivity index (χ0v) is 11.1. The molecule has 1 heterocycles. The van der Waals surface area contributed by atoms with E-state index < -0.39 is 18.3 Å². The Labute approximate surface area is 114 Å². The minimum Gasteiger partial charge on any atom is -0.364 e. The van der Waals surface area contributed by atoms with E-state index in [2.05, 4.69) is 14.9 Å². The number of ether oxygens (including phenoxy) is 1. The van der Waals surface area contributed by atoms with Crippen LogP contribution in [-0.4, -0.2) is 22.9 Å². The predicted octanol–water partition coefficient (Wildman–Crippen LogP) is 2.66. The van der Waals surface area contributed by atoms with Crippen molar-refractivity contribution in [3.8, 4) is 0 Å². The lowest BCUT2D eigenvalue weighted by Gasteiger charge is -2.22. The predicted molar refractivity (Wildman–Crippen MR) is 63.6 cm³/mol. The number of hydrogen-bond acceptors (Lipinski definition) is 5. The van der Waals surface area contributed by atoms with E-state index in [4.69, 9.17) is 10.3 Å². The lowest BCUT2D eigenvalue weighted by Crippen LogP contribution is -2.36. The van der Waals surface area contributed by atoms with E-state index in [0.29, 0.717) is 5.89 Å². The summed E-state index contributed by atoms with van der Waals surface area (Å²) in [6.07, 6.45) is 1.35. The van der Waals surface area contributed by atoms with E-state index in [1.807, 2.05) is 0 Å². The fourth-order valence-corrected chi connectivity index (χ4v) is 2.35. The molecule has 8 heteroatoms. The summed E-state index contributed by atoms with van der Waals surface area (Å²) in [6, 6.07) is 0. The van der Waals surface area contributed by atoms with Crippen LogP contribution in [0.2, 0.25) is 0 Å². The molecule has 0 saturated heterocycles. The maximum atomic E-state index is 12.0. The van der Waals surface area contributed by atoms with Crippen LogP contribution in [0.1, 0.15) is 50.2 Å². The fraction of sp³-hybridized carbons (Fsp3) is 0.833. The van der Waals surface area contributed by atoms with Crippen LogP contribution in [-0.2, 0) is 16.9 Å². The van der Waals surface area contributed by atoms with Crippen molar-refractivity contribution in [1.82, 2.24) is 10.1 Å². The second kappa shape index (κ2) is 6.09. The summed E-state index contributed by atoms with van der Waals surface area (Å²) in [5.74, 6) is 0.392. The third kappa shape index (κ3) is 4.17. The van der Waals surface area contributed by atoms with Crippen molar-refractivity contribution >= 4 is 0 Å². The number of aromatic nitrogens is 2. The lowest BCUT2D eigenvalue weighted by molar-refractivity contribution is -0.177. The Balaban J connectivity index is 1.94. The van der Waals surface area contributed by atoms with Crippen LogP contribution < -0.4 is 5.73 Å². The van der Waals surface area contributed by atoms with E-state index >= 15 is 0 Å². The first kappa shape index (κ1) is 15.2. The van der Waals surface area contributed by atoms with Gasteiger partial charge in [0.1, 0.15) is 13.2 Å². The highest BCUT2D eigenvalue weighted by Crippen LogP contribution is 2.32. The standard InChI is InChI=1S/C12H18F3N3O2/c13-12(14,15)8-19-7-9-17-10(20-18-9)11(16)5-3-1-2-4-6-11/h1-8,16H2. The first-order valence-electron chi connectivity index (χ1n) is 6.65. The van der Waals surface area contributed by atoms with Gasteiger partial charge in [-0.25, -0.2) is 0 Å². The molecule has 1 aromatic heterocycles. The number of nitrogens with zero attached hydrogens (tertiary/aromatic N) is 2. The van der Waals surface area contributed by atoms with Gasteiger partial charge < -0.3 is 15.0 Å².